The molecule has 4 nitrogen and oxygen atoms in total. The number of benzene rings is 1. The van der Waals surface area contributed by atoms with Crippen LogP contribution in [0.15, 0.2) is 30.5 Å². The van der Waals surface area contributed by atoms with Crippen molar-refractivity contribution in [2.24, 2.45) is 11.7 Å². The number of rotatable bonds is 6. The smallest absolute Gasteiger partial charge is 0.136 e. The third kappa shape index (κ3) is 3.64. The molecule has 0 bridgehead atoms. The van der Waals surface area contributed by atoms with E-state index in [1.807, 2.05) is 24.4 Å². The number of aromatic nitrogens is 1. The SMILES string of the molecule is COc1ccc2c(N(C)CCC(N)C(C)C)nccc2c1. The third-order valence-electron chi connectivity index (χ3n) is 3.97. The van der Waals surface area contributed by atoms with Gasteiger partial charge in [-0.1, -0.05) is 13.8 Å². The fourth-order valence-corrected chi connectivity index (χ4v) is 2.35. The molecule has 0 saturated carbocycles. The molecule has 0 aliphatic carbocycles. The molecule has 0 aliphatic rings. The van der Waals surface area contributed by atoms with Gasteiger partial charge < -0.3 is 15.4 Å². The predicted molar refractivity (Wildman–Crippen MR) is 89.0 cm³/mol. The molecule has 0 amide bonds. The Morgan fingerprint density at radius 2 is 2.05 bits per heavy atom. The molecule has 0 fully saturated rings. The molecule has 1 aromatic heterocycles. The van der Waals surface area contributed by atoms with Crippen LogP contribution in [-0.4, -0.2) is 31.7 Å². The molecule has 0 radical (unpaired) electrons. The first-order valence-corrected chi connectivity index (χ1v) is 7.42. The van der Waals surface area contributed by atoms with Crippen molar-refractivity contribution in [3.63, 3.8) is 0 Å². The van der Waals surface area contributed by atoms with Crippen LogP contribution in [0, 0.1) is 5.92 Å². The molecule has 21 heavy (non-hydrogen) atoms. The Hall–Kier alpha value is -1.81. The van der Waals surface area contributed by atoms with Gasteiger partial charge in [0.1, 0.15) is 11.6 Å². The average molecular weight is 287 g/mol. The first kappa shape index (κ1) is 15.6. The zero-order valence-electron chi connectivity index (χ0n) is 13.3. The van der Waals surface area contributed by atoms with Crippen LogP contribution < -0.4 is 15.4 Å². The fourth-order valence-electron chi connectivity index (χ4n) is 2.35. The monoisotopic (exact) mass is 287 g/mol. The van der Waals surface area contributed by atoms with E-state index in [0.717, 1.165) is 35.3 Å². The Bertz CT molecular complexity index is 598. The molecular weight excluding hydrogens is 262 g/mol. The Labute approximate surface area is 126 Å². The molecule has 0 spiro atoms. The number of methoxy groups -OCH3 is 1. The van der Waals surface area contributed by atoms with Crippen molar-refractivity contribution in [3.8, 4) is 5.75 Å². The van der Waals surface area contributed by atoms with Crippen LogP contribution in [-0.2, 0) is 0 Å². The third-order valence-corrected chi connectivity index (χ3v) is 3.97. The molecule has 1 unspecified atom stereocenters. The fraction of sp³-hybridized carbons (Fsp3) is 0.471. The number of hydrogen-bond donors (Lipinski definition) is 1. The van der Waals surface area contributed by atoms with Crippen LogP contribution in [0.5, 0.6) is 5.75 Å². The zero-order chi connectivity index (χ0) is 15.4. The van der Waals surface area contributed by atoms with Crippen molar-refractivity contribution >= 4 is 16.6 Å². The predicted octanol–water partition coefficient (Wildman–Crippen LogP) is 3.05. The summed E-state index contributed by atoms with van der Waals surface area (Å²) >= 11 is 0. The topological polar surface area (TPSA) is 51.4 Å². The number of nitrogens with zero attached hydrogens (tertiary/aromatic N) is 2. The summed E-state index contributed by atoms with van der Waals surface area (Å²) in [5, 5.41) is 2.28. The first-order valence-electron chi connectivity index (χ1n) is 7.42. The van der Waals surface area contributed by atoms with E-state index in [2.05, 4.69) is 36.8 Å². The van der Waals surface area contributed by atoms with Crippen LogP contribution in [0.2, 0.25) is 0 Å². The minimum Gasteiger partial charge on any atom is -0.497 e. The van der Waals surface area contributed by atoms with Crippen molar-refractivity contribution in [1.29, 1.82) is 0 Å². The Morgan fingerprint density at radius 1 is 1.29 bits per heavy atom. The Balaban J connectivity index is 2.21. The molecule has 4 heteroatoms. The van der Waals surface area contributed by atoms with Crippen LogP contribution in [0.1, 0.15) is 20.3 Å². The van der Waals surface area contributed by atoms with Gasteiger partial charge in [0.2, 0.25) is 0 Å². The molecule has 2 aromatic rings. The summed E-state index contributed by atoms with van der Waals surface area (Å²) in [4.78, 5) is 6.71. The maximum atomic E-state index is 6.13. The number of ether oxygens (including phenoxy) is 1. The van der Waals surface area contributed by atoms with Gasteiger partial charge in [0.25, 0.3) is 0 Å². The quantitative estimate of drug-likeness (QED) is 0.887. The standard InChI is InChI=1S/C17H25N3O/c1-12(2)16(18)8-10-20(3)17-15-6-5-14(21-4)11-13(15)7-9-19-17/h5-7,9,11-12,16H,8,10,18H2,1-4H3. The number of anilines is 1. The second-order valence-corrected chi connectivity index (χ2v) is 5.84. The van der Waals surface area contributed by atoms with Gasteiger partial charge in [-0.05, 0) is 42.0 Å². The van der Waals surface area contributed by atoms with E-state index < -0.39 is 0 Å². The zero-order valence-corrected chi connectivity index (χ0v) is 13.3. The lowest BCUT2D eigenvalue weighted by atomic mass is 10.0. The lowest BCUT2D eigenvalue weighted by Gasteiger charge is -2.23. The molecule has 2 rings (SSSR count). The van der Waals surface area contributed by atoms with Gasteiger partial charge in [0, 0.05) is 31.2 Å². The van der Waals surface area contributed by atoms with Crippen molar-refractivity contribution < 1.29 is 4.74 Å². The van der Waals surface area contributed by atoms with E-state index in [1.54, 1.807) is 7.11 Å². The van der Waals surface area contributed by atoms with Crippen molar-refractivity contribution in [2.75, 3.05) is 25.6 Å². The van der Waals surface area contributed by atoms with Crippen LogP contribution in [0.3, 0.4) is 0 Å². The summed E-state index contributed by atoms with van der Waals surface area (Å²) in [7, 11) is 3.75. The second-order valence-electron chi connectivity index (χ2n) is 5.84. The van der Waals surface area contributed by atoms with Gasteiger partial charge in [-0.15, -0.1) is 0 Å². The summed E-state index contributed by atoms with van der Waals surface area (Å²) in [6, 6.07) is 8.31. The van der Waals surface area contributed by atoms with Crippen molar-refractivity contribution in [1.82, 2.24) is 4.98 Å². The maximum absolute atomic E-state index is 6.13. The highest BCUT2D eigenvalue weighted by Gasteiger charge is 2.12. The van der Waals surface area contributed by atoms with E-state index in [1.165, 1.54) is 0 Å². The van der Waals surface area contributed by atoms with Crippen LogP contribution in [0.25, 0.3) is 10.8 Å². The summed E-state index contributed by atoms with van der Waals surface area (Å²) in [5.74, 6) is 2.36. The molecule has 0 saturated heterocycles. The minimum absolute atomic E-state index is 0.225. The Morgan fingerprint density at radius 3 is 2.71 bits per heavy atom. The summed E-state index contributed by atoms with van der Waals surface area (Å²) in [6.07, 6.45) is 2.80. The number of fused-ring (bicyclic) bond motifs is 1. The van der Waals surface area contributed by atoms with E-state index in [4.69, 9.17) is 10.5 Å². The number of nitrogens with two attached hydrogens (primary N) is 1. The molecule has 1 heterocycles. The van der Waals surface area contributed by atoms with E-state index in [-0.39, 0.29) is 6.04 Å². The summed E-state index contributed by atoms with van der Waals surface area (Å²) in [6.45, 7) is 5.22. The number of pyridine rings is 1. The highest BCUT2D eigenvalue weighted by molar-refractivity contribution is 5.92. The average Bonchev–Trinajstić information content (AvgIpc) is 2.50. The van der Waals surface area contributed by atoms with Crippen LogP contribution in [0.4, 0.5) is 5.82 Å². The van der Waals surface area contributed by atoms with Gasteiger partial charge in [-0.3, -0.25) is 0 Å². The highest BCUT2D eigenvalue weighted by atomic mass is 16.5. The molecular formula is C17H25N3O. The minimum atomic E-state index is 0.225. The van der Waals surface area contributed by atoms with Crippen LogP contribution >= 0.6 is 0 Å². The van der Waals surface area contributed by atoms with E-state index in [9.17, 15) is 0 Å². The molecule has 1 atom stereocenters. The number of hydrogen-bond acceptors (Lipinski definition) is 4. The van der Waals surface area contributed by atoms with Gasteiger partial charge in [-0.25, -0.2) is 4.98 Å². The van der Waals surface area contributed by atoms with E-state index >= 15 is 0 Å². The first-order chi connectivity index (χ1) is 10.0. The Kier molecular flexibility index (Phi) is 5.02. The normalized spacial score (nSPS) is 12.7. The van der Waals surface area contributed by atoms with Crippen molar-refractivity contribution in [2.45, 2.75) is 26.3 Å². The molecule has 1 aromatic carbocycles. The largest absolute Gasteiger partial charge is 0.497 e. The lowest BCUT2D eigenvalue weighted by molar-refractivity contribution is 0.415. The van der Waals surface area contributed by atoms with Crippen molar-refractivity contribution in [3.05, 3.63) is 30.5 Å². The van der Waals surface area contributed by atoms with Gasteiger partial charge in [-0.2, -0.15) is 0 Å². The van der Waals surface area contributed by atoms with Gasteiger partial charge >= 0.3 is 0 Å². The van der Waals surface area contributed by atoms with Gasteiger partial charge in [0.15, 0.2) is 0 Å². The van der Waals surface area contributed by atoms with Gasteiger partial charge in [0.05, 0.1) is 7.11 Å². The van der Waals surface area contributed by atoms with E-state index in [0.29, 0.717) is 5.92 Å². The second kappa shape index (κ2) is 6.76. The molecule has 0 aliphatic heterocycles. The summed E-state index contributed by atoms with van der Waals surface area (Å²) in [5.41, 5.74) is 6.13. The highest BCUT2D eigenvalue weighted by Crippen LogP contribution is 2.27. The maximum Gasteiger partial charge on any atom is 0.136 e. The molecule has 114 valence electrons. The molecule has 2 N–H and O–H groups in total. The lowest BCUT2D eigenvalue weighted by Crippen LogP contribution is -2.32. The summed E-state index contributed by atoms with van der Waals surface area (Å²) < 4.78 is 5.28.